The van der Waals surface area contributed by atoms with E-state index < -0.39 is 0 Å². The molecule has 1 aliphatic rings. The molecular weight excluding hydrogens is 360 g/mol. The molecule has 4 heterocycles. The molecule has 8 heteroatoms. The molecule has 0 bridgehead atoms. The molecule has 1 amide bonds. The van der Waals surface area contributed by atoms with Crippen LogP contribution in [-0.2, 0) is 0 Å². The van der Waals surface area contributed by atoms with Crippen LogP contribution in [0.25, 0.3) is 11.7 Å². The van der Waals surface area contributed by atoms with Gasteiger partial charge in [-0.2, -0.15) is 10.2 Å². The molecule has 0 aliphatic carbocycles. The molecule has 4 rings (SSSR count). The molecular formula is C20H20N4O4. The second kappa shape index (κ2) is 6.93. The van der Waals surface area contributed by atoms with Crippen molar-refractivity contribution in [2.45, 2.75) is 20.8 Å². The highest BCUT2D eigenvalue weighted by Crippen LogP contribution is 2.29. The number of hydrogen-bond donors (Lipinski definition) is 0. The van der Waals surface area contributed by atoms with E-state index in [0.717, 1.165) is 11.3 Å². The lowest BCUT2D eigenvalue weighted by molar-refractivity contribution is 0.0743. The molecule has 0 radical (unpaired) electrons. The summed E-state index contributed by atoms with van der Waals surface area (Å²) >= 11 is 0. The first-order chi connectivity index (χ1) is 13.5. The molecule has 28 heavy (non-hydrogen) atoms. The van der Waals surface area contributed by atoms with Crippen LogP contribution < -0.4 is 4.90 Å². The minimum atomic E-state index is -0.0270. The lowest BCUT2D eigenvalue weighted by Crippen LogP contribution is -2.49. The third kappa shape index (κ3) is 2.95. The first-order valence-corrected chi connectivity index (χ1v) is 9.05. The molecule has 1 saturated heterocycles. The topological polar surface area (TPSA) is 99.7 Å². The van der Waals surface area contributed by atoms with Gasteiger partial charge >= 0.3 is 0 Å². The lowest BCUT2D eigenvalue weighted by Gasteiger charge is -2.34. The van der Waals surface area contributed by atoms with Crippen molar-refractivity contribution in [1.82, 2.24) is 9.88 Å². The fourth-order valence-corrected chi connectivity index (χ4v) is 3.48. The quantitative estimate of drug-likeness (QED) is 0.687. The number of hydrogen-bond acceptors (Lipinski definition) is 7. The maximum atomic E-state index is 12.9. The van der Waals surface area contributed by atoms with Crippen molar-refractivity contribution < 1.29 is 18.0 Å². The number of oxazole rings is 1. The Morgan fingerprint density at radius 2 is 1.89 bits per heavy atom. The van der Waals surface area contributed by atoms with Gasteiger partial charge in [0.2, 0.25) is 11.6 Å². The summed E-state index contributed by atoms with van der Waals surface area (Å²) < 4.78 is 16.7. The minimum Gasteiger partial charge on any atom is -0.466 e. The van der Waals surface area contributed by atoms with Crippen molar-refractivity contribution in [1.29, 1.82) is 5.26 Å². The van der Waals surface area contributed by atoms with Gasteiger partial charge < -0.3 is 23.1 Å². The minimum absolute atomic E-state index is 0.0270. The van der Waals surface area contributed by atoms with Crippen LogP contribution in [0.2, 0.25) is 0 Å². The Labute approximate surface area is 162 Å². The van der Waals surface area contributed by atoms with Gasteiger partial charge in [-0.3, -0.25) is 4.79 Å². The highest BCUT2D eigenvalue weighted by atomic mass is 16.4. The Morgan fingerprint density at radius 1 is 1.14 bits per heavy atom. The normalized spacial score (nSPS) is 14.4. The van der Waals surface area contributed by atoms with Gasteiger partial charge in [0.05, 0.1) is 11.8 Å². The number of nitriles is 1. The predicted molar refractivity (Wildman–Crippen MR) is 100.0 cm³/mol. The number of carbonyl (C=O) groups is 1. The summed E-state index contributed by atoms with van der Waals surface area (Å²) in [5, 5.41) is 9.41. The average molecular weight is 380 g/mol. The molecule has 1 fully saturated rings. The number of furan rings is 2. The summed E-state index contributed by atoms with van der Waals surface area (Å²) in [5.74, 6) is 2.54. The molecule has 8 nitrogen and oxygen atoms in total. The van der Waals surface area contributed by atoms with E-state index in [1.807, 2.05) is 25.7 Å². The van der Waals surface area contributed by atoms with E-state index >= 15 is 0 Å². The van der Waals surface area contributed by atoms with Gasteiger partial charge in [-0.15, -0.1) is 0 Å². The van der Waals surface area contributed by atoms with E-state index in [1.54, 1.807) is 17.0 Å². The van der Waals surface area contributed by atoms with Gasteiger partial charge in [-0.25, -0.2) is 0 Å². The van der Waals surface area contributed by atoms with Crippen molar-refractivity contribution >= 4 is 11.8 Å². The monoisotopic (exact) mass is 380 g/mol. The molecule has 0 unspecified atom stereocenters. The molecule has 0 spiro atoms. The smallest absolute Gasteiger partial charge is 0.266 e. The van der Waals surface area contributed by atoms with Crippen LogP contribution in [0.3, 0.4) is 0 Å². The molecule has 3 aromatic heterocycles. The van der Waals surface area contributed by atoms with Crippen LogP contribution in [0.1, 0.15) is 33.1 Å². The zero-order valence-electron chi connectivity index (χ0n) is 16.0. The number of anilines is 1. The van der Waals surface area contributed by atoms with Crippen molar-refractivity contribution in [2.24, 2.45) is 0 Å². The van der Waals surface area contributed by atoms with Crippen LogP contribution in [0.15, 0.2) is 31.6 Å². The van der Waals surface area contributed by atoms with Gasteiger partial charge in [0, 0.05) is 31.7 Å². The van der Waals surface area contributed by atoms with Gasteiger partial charge in [-0.05, 0) is 32.9 Å². The Kier molecular flexibility index (Phi) is 4.43. The van der Waals surface area contributed by atoms with Crippen molar-refractivity contribution in [3.63, 3.8) is 0 Å². The van der Waals surface area contributed by atoms with Crippen LogP contribution in [0, 0.1) is 32.1 Å². The Morgan fingerprint density at radius 3 is 2.46 bits per heavy atom. The zero-order chi connectivity index (χ0) is 19.8. The van der Waals surface area contributed by atoms with E-state index in [2.05, 4.69) is 11.1 Å². The van der Waals surface area contributed by atoms with Gasteiger partial charge in [0.25, 0.3) is 11.8 Å². The van der Waals surface area contributed by atoms with Crippen molar-refractivity contribution in [3.8, 4) is 17.7 Å². The fraction of sp³-hybridized carbons (Fsp3) is 0.350. The van der Waals surface area contributed by atoms with E-state index in [4.69, 9.17) is 13.3 Å². The highest BCUT2D eigenvalue weighted by Gasteiger charge is 2.29. The molecule has 0 aromatic carbocycles. The van der Waals surface area contributed by atoms with Crippen molar-refractivity contribution in [3.05, 3.63) is 46.7 Å². The maximum absolute atomic E-state index is 12.9. The molecule has 144 valence electrons. The van der Waals surface area contributed by atoms with E-state index in [0.29, 0.717) is 49.1 Å². The van der Waals surface area contributed by atoms with Gasteiger partial charge in [0.1, 0.15) is 17.6 Å². The van der Waals surface area contributed by atoms with E-state index in [9.17, 15) is 10.1 Å². The predicted octanol–water partition coefficient (Wildman–Crippen LogP) is 3.29. The third-order valence-electron chi connectivity index (χ3n) is 5.08. The van der Waals surface area contributed by atoms with Gasteiger partial charge in [-0.1, -0.05) is 0 Å². The van der Waals surface area contributed by atoms with Gasteiger partial charge in [0.15, 0.2) is 5.76 Å². The maximum Gasteiger partial charge on any atom is 0.266 e. The SMILES string of the molecule is Cc1oc(C)c(C(=O)N2CCN(c3oc(-c4ccco4)nc3C#N)CC2)c1C. The summed E-state index contributed by atoms with van der Waals surface area (Å²) in [6.45, 7) is 7.70. The highest BCUT2D eigenvalue weighted by molar-refractivity contribution is 5.97. The molecule has 0 saturated carbocycles. The number of carbonyl (C=O) groups excluding carboxylic acids is 1. The van der Waals surface area contributed by atoms with E-state index in [-0.39, 0.29) is 17.5 Å². The van der Waals surface area contributed by atoms with Crippen LogP contribution in [-0.4, -0.2) is 42.0 Å². The summed E-state index contributed by atoms with van der Waals surface area (Å²) in [6, 6.07) is 5.53. The Hall–Kier alpha value is -3.47. The Balaban J connectivity index is 1.50. The molecule has 0 atom stereocenters. The van der Waals surface area contributed by atoms with Crippen molar-refractivity contribution in [2.75, 3.05) is 31.1 Å². The number of nitrogens with zero attached hydrogens (tertiary/aromatic N) is 4. The number of amides is 1. The number of aryl methyl sites for hydroxylation is 2. The summed E-state index contributed by atoms with van der Waals surface area (Å²) in [6.07, 6.45) is 1.52. The first kappa shape index (κ1) is 17.9. The van der Waals surface area contributed by atoms with Crippen LogP contribution >= 0.6 is 0 Å². The lowest BCUT2D eigenvalue weighted by atomic mass is 10.1. The van der Waals surface area contributed by atoms with Crippen LogP contribution in [0.4, 0.5) is 5.88 Å². The summed E-state index contributed by atoms with van der Waals surface area (Å²) in [5.41, 5.74) is 1.74. The second-order valence-corrected chi connectivity index (χ2v) is 6.76. The number of rotatable bonds is 3. The molecule has 0 N–H and O–H groups in total. The molecule has 1 aliphatic heterocycles. The number of piperazine rings is 1. The molecule has 3 aromatic rings. The second-order valence-electron chi connectivity index (χ2n) is 6.76. The summed E-state index contributed by atoms with van der Waals surface area (Å²) in [7, 11) is 0. The Bertz CT molecular complexity index is 1050. The first-order valence-electron chi connectivity index (χ1n) is 9.05. The average Bonchev–Trinajstić information content (AvgIpc) is 3.41. The van der Waals surface area contributed by atoms with Crippen LogP contribution in [0.5, 0.6) is 0 Å². The largest absolute Gasteiger partial charge is 0.466 e. The third-order valence-corrected chi connectivity index (χ3v) is 5.08. The fourth-order valence-electron chi connectivity index (χ4n) is 3.48. The van der Waals surface area contributed by atoms with E-state index in [1.165, 1.54) is 6.26 Å². The zero-order valence-corrected chi connectivity index (χ0v) is 16.0. The summed E-state index contributed by atoms with van der Waals surface area (Å²) in [4.78, 5) is 20.9. The standard InChI is InChI=1S/C20H20N4O4/c1-12-13(2)27-14(3)17(12)19(25)23-6-8-24(9-7-23)20-15(11-21)22-18(28-20)16-5-4-10-26-16/h4-5,10H,6-9H2,1-3H3. The number of aromatic nitrogens is 1.